The van der Waals surface area contributed by atoms with Crippen molar-refractivity contribution in [2.75, 3.05) is 6.61 Å². The van der Waals surface area contributed by atoms with Crippen LogP contribution in [0.2, 0.25) is 0 Å². The molecule has 2 aliphatic heterocycles. The molecule has 4 unspecified atom stereocenters. The molecule has 0 aromatic heterocycles. The highest BCUT2D eigenvalue weighted by Crippen LogP contribution is 2.57. The van der Waals surface area contributed by atoms with Gasteiger partial charge in [-0.3, -0.25) is 4.79 Å². The van der Waals surface area contributed by atoms with Gasteiger partial charge in [0.1, 0.15) is 18.5 Å². The summed E-state index contributed by atoms with van der Waals surface area (Å²) in [4.78, 5) is 24.8. The highest BCUT2D eigenvalue weighted by molar-refractivity contribution is 8.00. The number of hydrogen-bond acceptors (Lipinski definition) is 6. The smallest absolute Gasteiger partial charge is 0.330 e. The van der Waals surface area contributed by atoms with E-state index in [4.69, 9.17) is 14.2 Å². The van der Waals surface area contributed by atoms with E-state index >= 15 is 0 Å². The highest BCUT2D eigenvalue weighted by Gasteiger charge is 2.54. The van der Waals surface area contributed by atoms with Crippen LogP contribution in [0.4, 0.5) is 0 Å². The zero-order valence-corrected chi connectivity index (χ0v) is 19.0. The number of esters is 2. The van der Waals surface area contributed by atoms with Crippen molar-refractivity contribution in [1.29, 1.82) is 0 Å². The third-order valence-electron chi connectivity index (χ3n) is 5.78. The zero-order valence-electron chi connectivity index (χ0n) is 18.2. The number of carbonyl (C=O) groups excluding carboxylic acids is 2. The Bertz CT molecular complexity index is 976. The van der Waals surface area contributed by atoms with Crippen LogP contribution >= 0.6 is 11.8 Å². The van der Waals surface area contributed by atoms with Crippen molar-refractivity contribution < 1.29 is 23.8 Å². The molecule has 0 bridgehead atoms. The van der Waals surface area contributed by atoms with Crippen LogP contribution in [0.15, 0.2) is 77.5 Å². The number of carbonyl (C=O) groups is 2. The maximum absolute atomic E-state index is 12.5. The second kappa shape index (κ2) is 10.4. The lowest BCUT2D eigenvalue weighted by Gasteiger charge is -2.31. The number of epoxide rings is 1. The van der Waals surface area contributed by atoms with Crippen molar-refractivity contribution in [3.8, 4) is 0 Å². The lowest BCUT2D eigenvalue weighted by atomic mass is 9.83. The third kappa shape index (κ3) is 5.08. The maximum Gasteiger partial charge on any atom is 0.330 e. The maximum atomic E-state index is 12.5. The van der Waals surface area contributed by atoms with Crippen LogP contribution in [-0.4, -0.2) is 29.9 Å². The molecule has 6 heteroatoms. The number of thioether (sulfide) groups is 1. The molecule has 1 aromatic rings. The van der Waals surface area contributed by atoms with Crippen LogP contribution < -0.4 is 0 Å². The summed E-state index contributed by atoms with van der Waals surface area (Å²) in [5.41, 5.74) is 2.51. The Morgan fingerprint density at radius 2 is 2.06 bits per heavy atom. The Morgan fingerprint density at radius 3 is 2.88 bits per heavy atom. The minimum Gasteiger partial charge on any atom is -0.462 e. The van der Waals surface area contributed by atoms with Crippen LogP contribution in [0.5, 0.6) is 0 Å². The molecule has 1 aliphatic carbocycles. The first kappa shape index (κ1) is 22.6. The van der Waals surface area contributed by atoms with E-state index in [2.05, 4.69) is 43.9 Å². The zero-order chi connectivity index (χ0) is 22.5. The van der Waals surface area contributed by atoms with Crippen LogP contribution in [0.25, 0.3) is 0 Å². The molecule has 0 N–H and O–H groups in total. The van der Waals surface area contributed by atoms with Gasteiger partial charge in [-0.2, -0.15) is 0 Å². The Kier molecular flexibility index (Phi) is 7.33. The van der Waals surface area contributed by atoms with Crippen molar-refractivity contribution in [1.82, 2.24) is 0 Å². The summed E-state index contributed by atoms with van der Waals surface area (Å²) in [5.74, 6) is -0.202. The van der Waals surface area contributed by atoms with Crippen molar-refractivity contribution in [2.24, 2.45) is 5.92 Å². The molecule has 0 radical (unpaired) electrons. The molecule has 1 saturated heterocycles. The van der Waals surface area contributed by atoms with E-state index in [9.17, 15) is 9.59 Å². The van der Waals surface area contributed by atoms with E-state index < -0.39 is 11.9 Å². The predicted octanol–water partition coefficient (Wildman–Crippen LogP) is 5.45. The second-order valence-electron chi connectivity index (χ2n) is 7.99. The molecule has 2 heterocycles. The van der Waals surface area contributed by atoms with Gasteiger partial charge in [-0.15, -0.1) is 11.8 Å². The average Bonchev–Trinajstić information content (AvgIpc) is 3.59. The van der Waals surface area contributed by atoms with Gasteiger partial charge in [0.25, 0.3) is 0 Å². The minimum absolute atomic E-state index is 0.00552. The number of benzene rings is 1. The van der Waals surface area contributed by atoms with Crippen molar-refractivity contribution >= 4 is 23.7 Å². The Morgan fingerprint density at radius 1 is 1.22 bits per heavy atom. The summed E-state index contributed by atoms with van der Waals surface area (Å²) in [6, 6.07) is 8.30. The molecule has 0 saturated carbocycles. The molecule has 1 fully saturated rings. The lowest BCUT2D eigenvalue weighted by Crippen LogP contribution is -2.30. The molecule has 168 valence electrons. The quantitative estimate of drug-likeness (QED) is 0.215. The molecule has 4 atom stereocenters. The van der Waals surface area contributed by atoms with Gasteiger partial charge in [0.15, 0.2) is 0 Å². The topological polar surface area (TPSA) is 65.1 Å². The number of rotatable bonds is 9. The van der Waals surface area contributed by atoms with Gasteiger partial charge < -0.3 is 14.2 Å². The Balaban J connectivity index is 1.53. The SMILES string of the molecule is C=CC(=O)OCCC(=O)OC1=CC=C(C/C=C/CCC)C2C1Sc1ccccc1C1OC12. The average molecular weight is 453 g/mol. The Labute approximate surface area is 193 Å². The normalized spacial score (nSPS) is 25.4. The number of unbranched alkanes of at least 4 members (excludes halogenated alkanes) is 1. The number of fused-ring (bicyclic) bond motifs is 5. The number of hydrogen-bond donors (Lipinski definition) is 0. The van der Waals surface area contributed by atoms with Gasteiger partial charge in [-0.05, 0) is 30.5 Å². The van der Waals surface area contributed by atoms with E-state index in [-0.39, 0.29) is 36.4 Å². The highest BCUT2D eigenvalue weighted by atomic mass is 32.2. The minimum atomic E-state index is -0.550. The van der Waals surface area contributed by atoms with E-state index in [1.807, 2.05) is 18.2 Å². The van der Waals surface area contributed by atoms with E-state index in [1.165, 1.54) is 11.1 Å². The number of ether oxygens (including phenoxy) is 3. The molecular formula is C26H28O5S. The van der Waals surface area contributed by atoms with E-state index in [1.54, 1.807) is 11.8 Å². The van der Waals surface area contributed by atoms with Crippen molar-refractivity contribution in [2.45, 2.75) is 55.0 Å². The summed E-state index contributed by atoms with van der Waals surface area (Å²) in [6.45, 7) is 5.49. The first-order valence-corrected chi connectivity index (χ1v) is 12.0. The number of allylic oxidation sites excluding steroid dienone is 4. The molecule has 4 rings (SSSR count). The molecular weight excluding hydrogens is 424 g/mol. The van der Waals surface area contributed by atoms with Crippen LogP contribution in [0.1, 0.15) is 44.3 Å². The largest absolute Gasteiger partial charge is 0.462 e. The fourth-order valence-electron chi connectivity index (χ4n) is 4.16. The van der Waals surface area contributed by atoms with E-state index in [0.717, 1.165) is 30.2 Å². The summed E-state index contributed by atoms with van der Waals surface area (Å²) >= 11 is 1.74. The summed E-state index contributed by atoms with van der Waals surface area (Å²) in [7, 11) is 0. The van der Waals surface area contributed by atoms with Gasteiger partial charge in [0.2, 0.25) is 0 Å². The molecule has 32 heavy (non-hydrogen) atoms. The van der Waals surface area contributed by atoms with Crippen LogP contribution in [0.3, 0.4) is 0 Å². The fourth-order valence-corrected chi connectivity index (χ4v) is 5.63. The summed E-state index contributed by atoms with van der Waals surface area (Å²) < 4.78 is 16.8. The lowest BCUT2D eigenvalue weighted by molar-refractivity contribution is -0.144. The molecule has 1 aromatic carbocycles. The fraction of sp³-hybridized carbons (Fsp3) is 0.385. The molecule has 0 amide bonds. The first-order valence-electron chi connectivity index (χ1n) is 11.1. The monoisotopic (exact) mass is 452 g/mol. The molecule has 3 aliphatic rings. The standard InChI is InChI=1S/C26H28O5S/c1-3-5-6-7-10-17-13-14-19(30-22(28)15-16-29-21(27)4-2)26-23(17)25-24(31-25)18-11-8-9-12-20(18)32-26/h4,6-9,11-14,23-26H,2-3,5,10,15-16H2,1H3/b7-6+. The summed E-state index contributed by atoms with van der Waals surface area (Å²) in [5, 5.41) is -0.0482. The molecule has 5 nitrogen and oxygen atoms in total. The van der Waals surface area contributed by atoms with Gasteiger partial charge in [-0.25, -0.2) is 4.79 Å². The van der Waals surface area contributed by atoms with Crippen LogP contribution in [0, 0.1) is 5.92 Å². The molecule has 0 spiro atoms. The first-order chi connectivity index (χ1) is 15.6. The third-order valence-corrected chi connectivity index (χ3v) is 7.18. The second-order valence-corrected chi connectivity index (χ2v) is 9.18. The Hall–Kier alpha value is -2.57. The predicted molar refractivity (Wildman–Crippen MR) is 124 cm³/mol. The van der Waals surface area contributed by atoms with E-state index in [0.29, 0.717) is 5.76 Å². The van der Waals surface area contributed by atoms with Gasteiger partial charge in [-0.1, -0.05) is 61.9 Å². The van der Waals surface area contributed by atoms with Gasteiger partial charge in [0, 0.05) is 16.9 Å². The van der Waals surface area contributed by atoms with Gasteiger partial charge >= 0.3 is 11.9 Å². The van der Waals surface area contributed by atoms with Crippen molar-refractivity contribution in [3.63, 3.8) is 0 Å². The summed E-state index contributed by atoms with van der Waals surface area (Å²) in [6.07, 6.45) is 12.7. The van der Waals surface area contributed by atoms with Gasteiger partial charge in [0.05, 0.1) is 17.8 Å². The van der Waals surface area contributed by atoms with Crippen molar-refractivity contribution in [3.05, 3.63) is 78.1 Å². The van der Waals surface area contributed by atoms with Crippen LogP contribution in [-0.2, 0) is 23.8 Å².